The number of rotatable bonds is 8. The molecule has 5 nitrogen and oxygen atoms in total. The molecule has 0 saturated carbocycles. The van der Waals surface area contributed by atoms with E-state index in [1.54, 1.807) is 11.0 Å². The van der Waals surface area contributed by atoms with Gasteiger partial charge in [-0.15, -0.1) is 0 Å². The van der Waals surface area contributed by atoms with Gasteiger partial charge in [0.2, 0.25) is 0 Å². The number of nitrogens with two attached hydrogens (primary N) is 1. The molecule has 0 saturated heterocycles. The van der Waals surface area contributed by atoms with E-state index >= 15 is 0 Å². The molecule has 20 heavy (non-hydrogen) atoms. The first-order valence-corrected chi connectivity index (χ1v) is 7.08. The highest BCUT2D eigenvalue weighted by Gasteiger charge is 2.16. The fourth-order valence-electron chi connectivity index (χ4n) is 2.02. The van der Waals surface area contributed by atoms with Gasteiger partial charge in [-0.1, -0.05) is 26.2 Å². The predicted molar refractivity (Wildman–Crippen MR) is 79.7 cm³/mol. The van der Waals surface area contributed by atoms with Crippen LogP contribution in [0.3, 0.4) is 0 Å². The first-order valence-electron chi connectivity index (χ1n) is 7.08. The maximum absolute atomic E-state index is 12.3. The monoisotopic (exact) mass is 280 g/mol. The molecule has 0 aliphatic rings. The minimum atomic E-state index is -0.189. The van der Waals surface area contributed by atoms with Gasteiger partial charge in [0.15, 0.2) is 0 Å². The van der Waals surface area contributed by atoms with Crippen molar-refractivity contribution in [2.24, 2.45) is 0 Å². The van der Waals surface area contributed by atoms with E-state index < -0.39 is 0 Å². The lowest BCUT2D eigenvalue weighted by molar-refractivity contribution is 0.0718. The molecule has 0 radical (unpaired) electrons. The lowest BCUT2D eigenvalue weighted by Crippen LogP contribution is -2.34. The SMILES string of the molecule is CCCCCCN(CCO)C(=O)c1ccc(N)c(O)c1. The molecule has 1 amide bonds. The summed E-state index contributed by atoms with van der Waals surface area (Å²) in [6.45, 7) is 2.98. The highest BCUT2D eigenvalue weighted by molar-refractivity contribution is 5.95. The van der Waals surface area contributed by atoms with E-state index in [2.05, 4.69) is 6.92 Å². The third kappa shape index (κ3) is 4.74. The van der Waals surface area contributed by atoms with Gasteiger partial charge in [0.05, 0.1) is 12.3 Å². The minimum absolute atomic E-state index is 0.0690. The molecule has 0 unspecified atom stereocenters. The molecule has 0 aliphatic heterocycles. The molecule has 0 bridgehead atoms. The Morgan fingerprint density at radius 1 is 1.25 bits per heavy atom. The largest absolute Gasteiger partial charge is 0.506 e. The molecule has 0 aliphatic carbocycles. The van der Waals surface area contributed by atoms with Crippen molar-refractivity contribution in [2.75, 3.05) is 25.4 Å². The molecule has 0 heterocycles. The number of amides is 1. The molecule has 4 N–H and O–H groups in total. The summed E-state index contributed by atoms with van der Waals surface area (Å²) in [6, 6.07) is 4.47. The number of benzene rings is 1. The van der Waals surface area contributed by atoms with Gasteiger partial charge in [-0.3, -0.25) is 4.79 Å². The Balaban J connectivity index is 2.69. The summed E-state index contributed by atoms with van der Waals surface area (Å²) in [6.07, 6.45) is 4.27. The van der Waals surface area contributed by atoms with Crippen LogP contribution >= 0.6 is 0 Å². The number of nitrogens with zero attached hydrogens (tertiary/aromatic N) is 1. The van der Waals surface area contributed by atoms with Crippen LogP contribution in [0.5, 0.6) is 5.75 Å². The third-order valence-corrected chi connectivity index (χ3v) is 3.22. The Bertz CT molecular complexity index is 435. The van der Waals surface area contributed by atoms with Crippen LogP contribution in [0.15, 0.2) is 18.2 Å². The van der Waals surface area contributed by atoms with Gasteiger partial charge < -0.3 is 20.8 Å². The van der Waals surface area contributed by atoms with Gasteiger partial charge in [-0.2, -0.15) is 0 Å². The minimum Gasteiger partial charge on any atom is -0.506 e. The van der Waals surface area contributed by atoms with Gasteiger partial charge in [-0.25, -0.2) is 0 Å². The van der Waals surface area contributed by atoms with Crippen molar-refractivity contribution >= 4 is 11.6 Å². The molecule has 1 rings (SSSR count). The molecule has 112 valence electrons. The van der Waals surface area contributed by atoms with E-state index in [1.165, 1.54) is 12.1 Å². The summed E-state index contributed by atoms with van der Waals surface area (Å²) in [4.78, 5) is 13.9. The van der Waals surface area contributed by atoms with Crippen molar-refractivity contribution in [1.29, 1.82) is 0 Å². The summed E-state index contributed by atoms with van der Waals surface area (Å²) in [5, 5.41) is 18.6. The van der Waals surface area contributed by atoms with Crippen molar-refractivity contribution < 1.29 is 15.0 Å². The maximum Gasteiger partial charge on any atom is 0.254 e. The second kappa shape index (κ2) is 8.43. The predicted octanol–water partition coefficient (Wildman–Crippen LogP) is 1.99. The van der Waals surface area contributed by atoms with Gasteiger partial charge in [-0.05, 0) is 24.6 Å². The highest BCUT2D eigenvalue weighted by Crippen LogP contribution is 2.21. The van der Waals surface area contributed by atoms with Crippen molar-refractivity contribution in [2.45, 2.75) is 32.6 Å². The van der Waals surface area contributed by atoms with Crippen LogP contribution in [0.1, 0.15) is 43.0 Å². The van der Waals surface area contributed by atoms with E-state index in [0.717, 1.165) is 25.7 Å². The lowest BCUT2D eigenvalue weighted by atomic mass is 10.1. The summed E-state index contributed by atoms with van der Waals surface area (Å²) < 4.78 is 0. The number of aliphatic hydroxyl groups excluding tert-OH is 1. The summed E-state index contributed by atoms with van der Waals surface area (Å²) in [7, 11) is 0. The van der Waals surface area contributed by atoms with Gasteiger partial charge in [0.25, 0.3) is 5.91 Å². The normalized spacial score (nSPS) is 10.5. The first kappa shape index (κ1) is 16.3. The Morgan fingerprint density at radius 3 is 2.60 bits per heavy atom. The zero-order chi connectivity index (χ0) is 15.0. The molecular formula is C15H24N2O3. The lowest BCUT2D eigenvalue weighted by Gasteiger charge is -2.22. The van der Waals surface area contributed by atoms with E-state index in [-0.39, 0.29) is 24.0 Å². The van der Waals surface area contributed by atoms with Gasteiger partial charge >= 0.3 is 0 Å². The fraction of sp³-hybridized carbons (Fsp3) is 0.533. The van der Waals surface area contributed by atoms with E-state index in [1.807, 2.05) is 0 Å². The van der Waals surface area contributed by atoms with Crippen LogP contribution in [0.2, 0.25) is 0 Å². The van der Waals surface area contributed by atoms with Crippen LogP contribution < -0.4 is 5.73 Å². The number of carbonyl (C=O) groups is 1. The molecule has 1 aromatic carbocycles. The Hall–Kier alpha value is -1.75. The number of phenolic OH excluding ortho intramolecular Hbond substituents is 1. The number of carbonyl (C=O) groups excluding carboxylic acids is 1. The van der Waals surface area contributed by atoms with Crippen LogP contribution in [-0.2, 0) is 0 Å². The van der Waals surface area contributed by atoms with Crippen LogP contribution in [0.4, 0.5) is 5.69 Å². The van der Waals surface area contributed by atoms with E-state index in [4.69, 9.17) is 10.8 Å². The van der Waals surface area contributed by atoms with Crippen LogP contribution in [-0.4, -0.2) is 40.7 Å². The summed E-state index contributed by atoms with van der Waals surface area (Å²) in [5.41, 5.74) is 6.16. The number of hydrogen-bond donors (Lipinski definition) is 3. The smallest absolute Gasteiger partial charge is 0.254 e. The zero-order valence-corrected chi connectivity index (χ0v) is 12.0. The quantitative estimate of drug-likeness (QED) is 0.386. The number of hydrogen-bond acceptors (Lipinski definition) is 4. The highest BCUT2D eigenvalue weighted by atomic mass is 16.3. The van der Waals surface area contributed by atoms with Crippen molar-refractivity contribution in [3.8, 4) is 5.75 Å². The Labute approximate surface area is 120 Å². The second-order valence-corrected chi connectivity index (χ2v) is 4.85. The summed E-state index contributed by atoms with van der Waals surface area (Å²) in [5.74, 6) is -0.281. The second-order valence-electron chi connectivity index (χ2n) is 4.85. The number of nitrogen functional groups attached to an aromatic ring is 1. The first-order chi connectivity index (χ1) is 9.60. The maximum atomic E-state index is 12.3. The third-order valence-electron chi connectivity index (χ3n) is 3.22. The van der Waals surface area contributed by atoms with Crippen molar-refractivity contribution in [1.82, 2.24) is 4.90 Å². The topological polar surface area (TPSA) is 86.8 Å². The van der Waals surface area contributed by atoms with Crippen LogP contribution in [0.25, 0.3) is 0 Å². The standard InChI is InChI=1S/C15H24N2O3/c1-2-3-4-5-8-17(9-10-18)15(20)12-6-7-13(16)14(19)11-12/h6-7,11,18-19H,2-5,8-10,16H2,1H3. The number of anilines is 1. The molecular weight excluding hydrogens is 256 g/mol. The van der Waals surface area contributed by atoms with Gasteiger partial charge in [0, 0.05) is 18.7 Å². The van der Waals surface area contributed by atoms with Crippen molar-refractivity contribution in [3.05, 3.63) is 23.8 Å². The average Bonchev–Trinajstić information content (AvgIpc) is 2.44. The fourth-order valence-corrected chi connectivity index (χ4v) is 2.02. The summed E-state index contributed by atoms with van der Waals surface area (Å²) >= 11 is 0. The molecule has 1 aromatic rings. The average molecular weight is 280 g/mol. The molecule has 0 fully saturated rings. The number of phenols is 1. The number of unbranched alkanes of at least 4 members (excludes halogenated alkanes) is 3. The number of aliphatic hydroxyl groups is 1. The Kier molecular flexibility index (Phi) is 6.87. The molecule has 0 spiro atoms. The molecule has 0 atom stereocenters. The number of aromatic hydroxyl groups is 1. The van der Waals surface area contributed by atoms with Crippen LogP contribution in [0, 0.1) is 0 Å². The molecule has 5 heteroatoms. The van der Waals surface area contributed by atoms with Gasteiger partial charge in [0.1, 0.15) is 5.75 Å². The van der Waals surface area contributed by atoms with E-state index in [0.29, 0.717) is 18.7 Å². The zero-order valence-electron chi connectivity index (χ0n) is 12.0. The van der Waals surface area contributed by atoms with E-state index in [9.17, 15) is 9.90 Å². The Morgan fingerprint density at radius 2 is 2.00 bits per heavy atom. The molecule has 0 aromatic heterocycles. The van der Waals surface area contributed by atoms with Crippen molar-refractivity contribution in [3.63, 3.8) is 0 Å².